The maximum Gasteiger partial charge on any atom is 0.275 e. The van der Waals surface area contributed by atoms with Crippen LogP contribution in [0.2, 0.25) is 5.02 Å². The molecule has 4 nitrogen and oxygen atoms in total. The van der Waals surface area contributed by atoms with Gasteiger partial charge in [0.25, 0.3) is 5.69 Å². The van der Waals surface area contributed by atoms with Crippen molar-refractivity contribution < 1.29 is 4.92 Å². The molecule has 5 heteroatoms. The van der Waals surface area contributed by atoms with Gasteiger partial charge in [0.2, 0.25) is 0 Å². The molecule has 0 heterocycles. The Morgan fingerprint density at radius 3 is 2.82 bits per heavy atom. The van der Waals surface area contributed by atoms with Gasteiger partial charge in [-0.25, -0.2) is 0 Å². The Morgan fingerprint density at radius 2 is 2.24 bits per heavy atom. The number of nitrogens with one attached hydrogen (secondary N) is 1. The van der Waals surface area contributed by atoms with Crippen molar-refractivity contribution in [3.8, 4) is 0 Å². The molecule has 1 aromatic rings. The summed E-state index contributed by atoms with van der Waals surface area (Å²) in [6.45, 7) is 5.62. The molecule has 94 valence electrons. The van der Waals surface area contributed by atoms with E-state index in [0.717, 1.165) is 13.0 Å². The zero-order chi connectivity index (χ0) is 12.8. The summed E-state index contributed by atoms with van der Waals surface area (Å²) in [6, 6.07) is 4.76. The highest BCUT2D eigenvalue weighted by Crippen LogP contribution is 2.23. The largest absolute Gasteiger partial charge is 0.312 e. The number of hydrogen-bond donors (Lipinski definition) is 1. The summed E-state index contributed by atoms with van der Waals surface area (Å²) in [6.07, 6.45) is 1.09. The third kappa shape index (κ3) is 4.32. The van der Waals surface area contributed by atoms with Crippen LogP contribution in [0, 0.1) is 16.0 Å². The number of hydrogen-bond acceptors (Lipinski definition) is 3. The van der Waals surface area contributed by atoms with E-state index in [1.54, 1.807) is 12.1 Å². The van der Waals surface area contributed by atoms with Gasteiger partial charge in [0, 0.05) is 23.2 Å². The molecule has 0 spiro atoms. The summed E-state index contributed by atoms with van der Waals surface area (Å²) in [5.74, 6) is 0.571. The molecule has 1 aromatic carbocycles. The maximum atomic E-state index is 10.8. The number of nitrogens with zero attached hydrogens (tertiary/aromatic N) is 1. The van der Waals surface area contributed by atoms with Crippen molar-refractivity contribution in [3.63, 3.8) is 0 Å². The zero-order valence-corrected chi connectivity index (χ0v) is 10.8. The van der Waals surface area contributed by atoms with Crippen LogP contribution in [0.15, 0.2) is 18.2 Å². The van der Waals surface area contributed by atoms with E-state index >= 15 is 0 Å². The normalized spacial score (nSPS) is 12.4. The molecule has 0 saturated heterocycles. The van der Waals surface area contributed by atoms with E-state index in [-0.39, 0.29) is 5.69 Å². The minimum absolute atomic E-state index is 0.0779. The molecule has 0 aromatic heterocycles. The van der Waals surface area contributed by atoms with E-state index in [0.29, 0.717) is 23.0 Å². The minimum Gasteiger partial charge on any atom is -0.312 e. The van der Waals surface area contributed by atoms with Gasteiger partial charge in [-0.3, -0.25) is 10.1 Å². The van der Waals surface area contributed by atoms with Gasteiger partial charge in [-0.1, -0.05) is 31.9 Å². The molecule has 0 amide bonds. The Balaban J connectivity index is 2.67. The Labute approximate surface area is 106 Å². The Morgan fingerprint density at radius 1 is 1.53 bits per heavy atom. The molecule has 17 heavy (non-hydrogen) atoms. The number of nitro groups is 1. The molecule has 1 atom stereocenters. The van der Waals surface area contributed by atoms with Crippen molar-refractivity contribution in [2.75, 3.05) is 6.54 Å². The summed E-state index contributed by atoms with van der Waals surface area (Å²) in [4.78, 5) is 10.4. The summed E-state index contributed by atoms with van der Waals surface area (Å²) in [7, 11) is 0. The Hall–Kier alpha value is -1.13. The predicted octanol–water partition coefficient (Wildman–Crippen LogP) is 3.38. The van der Waals surface area contributed by atoms with Crippen molar-refractivity contribution in [1.29, 1.82) is 0 Å². The molecule has 1 rings (SSSR count). The standard InChI is InChI=1S/C12H17ClN2O2/c1-3-9(2)7-14-8-10-4-5-11(13)6-12(10)15(16)17/h4-6,9,14H,3,7-8H2,1-2H3. The molecule has 1 unspecified atom stereocenters. The first kappa shape index (κ1) is 13.9. The van der Waals surface area contributed by atoms with Crippen LogP contribution in [0.3, 0.4) is 0 Å². The topological polar surface area (TPSA) is 55.2 Å². The Kier molecular flexibility index (Phi) is 5.38. The number of halogens is 1. The van der Waals surface area contributed by atoms with Gasteiger partial charge in [-0.05, 0) is 24.6 Å². The molecule has 0 fully saturated rings. The lowest BCUT2D eigenvalue weighted by atomic mass is 10.1. The van der Waals surface area contributed by atoms with Gasteiger partial charge < -0.3 is 5.32 Å². The third-order valence-electron chi connectivity index (χ3n) is 2.75. The lowest BCUT2D eigenvalue weighted by Crippen LogP contribution is -2.20. The van der Waals surface area contributed by atoms with Crippen molar-refractivity contribution >= 4 is 17.3 Å². The lowest BCUT2D eigenvalue weighted by molar-refractivity contribution is -0.385. The second kappa shape index (κ2) is 6.57. The van der Waals surface area contributed by atoms with Gasteiger partial charge in [0.15, 0.2) is 0 Å². The van der Waals surface area contributed by atoms with Gasteiger partial charge in [0.05, 0.1) is 4.92 Å². The van der Waals surface area contributed by atoms with Crippen molar-refractivity contribution in [2.45, 2.75) is 26.8 Å². The van der Waals surface area contributed by atoms with Crippen LogP contribution >= 0.6 is 11.6 Å². The van der Waals surface area contributed by atoms with Gasteiger partial charge in [-0.2, -0.15) is 0 Å². The average Bonchev–Trinajstić information content (AvgIpc) is 2.30. The first-order valence-electron chi connectivity index (χ1n) is 5.68. The van der Waals surface area contributed by atoms with E-state index in [1.807, 2.05) is 0 Å². The lowest BCUT2D eigenvalue weighted by Gasteiger charge is -2.10. The van der Waals surface area contributed by atoms with Crippen LogP contribution in [-0.2, 0) is 6.54 Å². The van der Waals surface area contributed by atoms with Crippen LogP contribution in [0.25, 0.3) is 0 Å². The van der Waals surface area contributed by atoms with Crippen LogP contribution in [0.5, 0.6) is 0 Å². The highest BCUT2D eigenvalue weighted by molar-refractivity contribution is 6.30. The molecule has 0 aliphatic heterocycles. The third-order valence-corrected chi connectivity index (χ3v) is 2.98. The van der Waals surface area contributed by atoms with Crippen molar-refractivity contribution in [3.05, 3.63) is 38.9 Å². The van der Waals surface area contributed by atoms with Gasteiger partial charge in [0.1, 0.15) is 0 Å². The second-order valence-corrected chi connectivity index (χ2v) is 4.61. The highest BCUT2D eigenvalue weighted by Gasteiger charge is 2.13. The van der Waals surface area contributed by atoms with E-state index < -0.39 is 4.92 Å². The summed E-state index contributed by atoms with van der Waals surface area (Å²) in [5.41, 5.74) is 0.747. The predicted molar refractivity (Wildman–Crippen MR) is 69.3 cm³/mol. The van der Waals surface area contributed by atoms with Crippen molar-refractivity contribution in [2.24, 2.45) is 5.92 Å². The van der Waals surface area contributed by atoms with E-state index in [1.165, 1.54) is 6.07 Å². The molecule has 1 N–H and O–H groups in total. The summed E-state index contributed by atoms with van der Waals surface area (Å²) in [5, 5.41) is 14.5. The van der Waals surface area contributed by atoms with E-state index in [2.05, 4.69) is 19.2 Å². The fraction of sp³-hybridized carbons (Fsp3) is 0.500. The summed E-state index contributed by atoms with van der Waals surface area (Å²) < 4.78 is 0. The number of nitro benzene ring substituents is 1. The van der Waals surface area contributed by atoms with Crippen LogP contribution in [-0.4, -0.2) is 11.5 Å². The summed E-state index contributed by atoms with van der Waals surface area (Å²) >= 11 is 5.74. The van der Waals surface area contributed by atoms with E-state index in [9.17, 15) is 10.1 Å². The zero-order valence-electron chi connectivity index (χ0n) is 10.1. The molecular weight excluding hydrogens is 240 g/mol. The van der Waals surface area contributed by atoms with Gasteiger partial charge >= 0.3 is 0 Å². The quantitative estimate of drug-likeness (QED) is 0.627. The van der Waals surface area contributed by atoms with E-state index in [4.69, 9.17) is 11.6 Å². The molecule has 0 aliphatic carbocycles. The minimum atomic E-state index is -0.397. The van der Waals surface area contributed by atoms with Crippen LogP contribution < -0.4 is 5.32 Å². The fourth-order valence-electron chi connectivity index (χ4n) is 1.45. The monoisotopic (exact) mass is 256 g/mol. The first-order valence-corrected chi connectivity index (χ1v) is 6.06. The molecule has 0 aliphatic rings. The van der Waals surface area contributed by atoms with Crippen LogP contribution in [0.4, 0.5) is 5.69 Å². The molecular formula is C12H17ClN2O2. The second-order valence-electron chi connectivity index (χ2n) is 4.17. The number of rotatable bonds is 6. The maximum absolute atomic E-state index is 10.8. The average molecular weight is 257 g/mol. The molecule has 0 bridgehead atoms. The smallest absolute Gasteiger partial charge is 0.275 e. The van der Waals surface area contributed by atoms with Crippen LogP contribution in [0.1, 0.15) is 25.8 Å². The van der Waals surface area contributed by atoms with Crippen molar-refractivity contribution in [1.82, 2.24) is 5.32 Å². The highest BCUT2D eigenvalue weighted by atomic mass is 35.5. The first-order chi connectivity index (χ1) is 8.04. The molecule has 0 saturated carbocycles. The molecule has 0 radical (unpaired) electrons. The fourth-order valence-corrected chi connectivity index (χ4v) is 1.62. The Bertz CT molecular complexity index is 396. The SMILES string of the molecule is CCC(C)CNCc1ccc(Cl)cc1[N+](=O)[O-]. The number of benzene rings is 1. The van der Waals surface area contributed by atoms with Gasteiger partial charge in [-0.15, -0.1) is 0 Å².